The van der Waals surface area contributed by atoms with Crippen LogP contribution >= 0.6 is 0 Å². The number of alkyl halides is 3. The van der Waals surface area contributed by atoms with E-state index in [-0.39, 0.29) is 12.0 Å². The Morgan fingerprint density at radius 3 is 2.53 bits per heavy atom. The minimum atomic E-state index is -4.73. The molecule has 5 rings (SSSR count). The van der Waals surface area contributed by atoms with Gasteiger partial charge in [0.05, 0.1) is 11.3 Å². The van der Waals surface area contributed by atoms with E-state index in [4.69, 9.17) is 0 Å². The summed E-state index contributed by atoms with van der Waals surface area (Å²) in [4.78, 5) is 23.5. The van der Waals surface area contributed by atoms with Gasteiger partial charge in [-0.25, -0.2) is 9.97 Å². The molecule has 1 fully saturated rings. The highest BCUT2D eigenvalue weighted by atomic mass is 19.4. The smallest absolute Gasteiger partial charge is 0.351 e. The van der Waals surface area contributed by atoms with Crippen LogP contribution in [0.1, 0.15) is 58.7 Å². The Hall–Kier alpha value is -3.56. The number of rotatable bonds is 5. The lowest BCUT2D eigenvalue weighted by atomic mass is 10.0. The molecule has 0 N–H and O–H groups in total. The molecule has 0 bridgehead atoms. The lowest BCUT2D eigenvalue weighted by Gasteiger charge is -2.41. The second-order valence-corrected chi connectivity index (χ2v) is 9.42. The summed E-state index contributed by atoms with van der Waals surface area (Å²) in [5.74, 6) is 0.138. The Morgan fingerprint density at radius 1 is 1.08 bits per heavy atom. The van der Waals surface area contributed by atoms with E-state index in [0.717, 1.165) is 50.3 Å². The number of anilines is 2. The van der Waals surface area contributed by atoms with Crippen LogP contribution in [0.4, 0.5) is 24.9 Å². The molecule has 0 saturated carbocycles. The van der Waals surface area contributed by atoms with E-state index < -0.39 is 23.2 Å². The summed E-state index contributed by atoms with van der Waals surface area (Å²) in [5, 5.41) is 9.22. The lowest BCUT2D eigenvalue weighted by molar-refractivity contribution is -0.141. The maximum absolute atomic E-state index is 13.5. The van der Waals surface area contributed by atoms with Gasteiger partial charge in [0.25, 0.3) is 0 Å². The van der Waals surface area contributed by atoms with Crippen LogP contribution in [-0.2, 0) is 25.4 Å². The lowest BCUT2D eigenvalue weighted by Crippen LogP contribution is -2.53. The van der Waals surface area contributed by atoms with Crippen molar-refractivity contribution in [3.63, 3.8) is 0 Å². The quantitative estimate of drug-likeness (QED) is 0.488. The fourth-order valence-electron chi connectivity index (χ4n) is 5.15. The van der Waals surface area contributed by atoms with Crippen molar-refractivity contribution in [2.45, 2.75) is 51.7 Å². The minimum absolute atomic E-state index is 0.0194. The second kappa shape index (κ2) is 9.48. The normalized spacial score (nSPS) is 17.9. The first-order chi connectivity index (χ1) is 17.2. The molecule has 1 aromatic carbocycles. The van der Waals surface area contributed by atoms with Gasteiger partial charge in [0.1, 0.15) is 0 Å². The third-order valence-electron chi connectivity index (χ3n) is 6.92. The fraction of sp³-hybridized carbons (Fsp3) is 0.423. The highest BCUT2D eigenvalue weighted by molar-refractivity contribution is 5.95. The first kappa shape index (κ1) is 24.1. The van der Waals surface area contributed by atoms with Crippen molar-refractivity contribution in [1.29, 1.82) is 0 Å². The number of hydrogen-bond acceptors (Lipinski definition) is 7. The molecule has 0 radical (unpaired) electrons. The molecule has 2 aromatic heterocycles. The van der Waals surface area contributed by atoms with Gasteiger partial charge in [0.2, 0.25) is 5.95 Å². The molecule has 3 aromatic rings. The maximum Gasteiger partial charge on any atom is 0.434 e. The van der Waals surface area contributed by atoms with E-state index in [9.17, 15) is 18.0 Å². The van der Waals surface area contributed by atoms with Crippen molar-refractivity contribution in [3.05, 3.63) is 70.2 Å². The number of aromatic nitrogens is 4. The molecule has 1 aliphatic heterocycles. The molecule has 0 amide bonds. The van der Waals surface area contributed by atoms with Gasteiger partial charge in [0.15, 0.2) is 17.3 Å². The summed E-state index contributed by atoms with van der Waals surface area (Å²) in [6, 6.07) is 10.1. The second-order valence-electron chi connectivity index (χ2n) is 9.42. The number of carbonyl (C=O) groups excluding carboxylic acids is 1. The van der Waals surface area contributed by atoms with Gasteiger partial charge in [-0.3, -0.25) is 4.79 Å². The third kappa shape index (κ3) is 4.64. The Balaban J connectivity index is 1.37. The van der Waals surface area contributed by atoms with E-state index in [1.54, 1.807) is 4.90 Å². The number of Topliss-reactive ketones (excluding diaryl/α,β-unsaturated/α-hetero) is 1. The molecule has 0 spiro atoms. The highest BCUT2D eigenvalue weighted by Crippen LogP contribution is 2.34. The van der Waals surface area contributed by atoms with Crippen LogP contribution in [0.2, 0.25) is 0 Å². The number of carbonyl (C=O) groups is 1. The predicted molar refractivity (Wildman–Crippen MR) is 129 cm³/mol. The highest BCUT2D eigenvalue weighted by Gasteiger charge is 2.38. The molecular formula is C26H27F3N6O. The van der Waals surface area contributed by atoms with Crippen LogP contribution in [0.15, 0.2) is 36.5 Å². The Morgan fingerprint density at radius 2 is 1.83 bits per heavy atom. The minimum Gasteiger partial charge on any atom is -0.351 e. The van der Waals surface area contributed by atoms with Crippen LogP contribution in [0.5, 0.6) is 0 Å². The number of hydrogen-bond donors (Lipinski definition) is 0. The van der Waals surface area contributed by atoms with Gasteiger partial charge in [0, 0.05) is 43.9 Å². The summed E-state index contributed by atoms with van der Waals surface area (Å²) in [5.41, 5.74) is 3.02. The number of ketones is 1. The van der Waals surface area contributed by atoms with Crippen molar-refractivity contribution in [1.82, 2.24) is 20.2 Å². The zero-order valence-electron chi connectivity index (χ0n) is 20.2. The Bertz CT molecular complexity index is 1280. The maximum atomic E-state index is 13.5. The van der Waals surface area contributed by atoms with Gasteiger partial charge < -0.3 is 9.80 Å². The monoisotopic (exact) mass is 496 g/mol. The van der Waals surface area contributed by atoms with Crippen LogP contribution in [0.25, 0.3) is 0 Å². The summed E-state index contributed by atoms with van der Waals surface area (Å²) < 4.78 is 40.6. The summed E-state index contributed by atoms with van der Waals surface area (Å²) in [6.07, 6.45) is -0.0234. The predicted octanol–water partition coefficient (Wildman–Crippen LogP) is 4.28. The van der Waals surface area contributed by atoms with Gasteiger partial charge >= 0.3 is 6.18 Å². The van der Waals surface area contributed by atoms with Crippen molar-refractivity contribution < 1.29 is 18.0 Å². The third-order valence-corrected chi connectivity index (χ3v) is 6.92. The number of nitrogens with zero attached hydrogens (tertiary/aromatic N) is 6. The molecule has 2 aliphatic rings. The molecule has 36 heavy (non-hydrogen) atoms. The first-order valence-corrected chi connectivity index (χ1v) is 12.1. The molecule has 3 heterocycles. The van der Waals surface area contributed by atoms with Crippen LogP contribution in [0, 0.1) is 0 Å². The molecule has 1 atom stereocenters. The van der Waals surface area contributed by atoms with E-state index >= 15 is 0 Å². The Labute approximate surface area is 207 Å². The van der Waals surface area contributed by atoms with Crippen LogP contribution in [-0.4, -0.2) is 51.6 Å². The van der Waals surface area contributed by atoms with Crippen molar-refractivity contribution in [2.75, 3.05) is 29.4 Å². The molecule has 188 valence electrons. The Kier molecular flexibility index (Phi) is 6.36. The van der Waals surface area contributed by atoms with Crippen LogP contribution < -0.4 is 9.80 Å². The van der Waals surface area contributed by atoms with E-state index in [2.05, 4.69) is 37.2 Å². The summed E-state index contributed by atoms with van der Waals surface area (Å²) in [7, 11) is 0. The van der Waals surface area contributed by atoms with Crippen molar-refractivity contribution in [3.8, 4) is 0 Å². The van der Waals surface area contributed by atoms with Crippen molar-refractivity contribution >= 4 is 17.5 Å². The largest absolute Gasteiger partial charge is 0.434 e. The van der Waals surface area contributed by atoms with Crippen molar-refractivity contribution in [2.24, 2.45) is 0 Å². The molecule has 0 unspecified atom stereocenters. The SMILES string of the molecule is CC(=O)c1cnc(N2CCN(c3nnc(Cc4ccccc4)c4c3CCC4)C[C@H]2C)nc1C(F)(F)F. The molecule has 10 heteroatoms. The van der Waals surface area contributed by atoms with E-state index in [1.807, 2.05) is 25.1 Å². The topological polar surface area (TPSA) is 75.1 Å². The molecular weight excluding hydrogens is 469 g/mol. The standard InChI is InChI=1S/C26H27F3N6O/c1-16-15-34(11-12-35(16)25-30-14-21(17(2)36)23(31-25)26(27,28)29)24-20-10-6-9-19(20)22(32-33-24)13-18-7-4-3-5-8-18/h3-5,7-8,14,16H,6,9-13,15H2,1-2H3/t16-/m1/s1. The van der Waals surface area contributed by atoms with E-state index in [0.29, 0.717) is 19.6 Å². The van der Waals surface area contributed by atoms with Gasteiger partial charge in [-0.05, 0) is 44.2 Å². The number of halogens is 3. The van der Waals surface area contributed by atoms with Gasteiger partial charge in [-0.15, -0.1) is 5.10 Å². The average molecular weight is 497 g/mol. The van der Waals surface area contributed by atoms with Crippen LogP contribution in [0.3, 0.4) is 0 Å². The number of piperazine rings is 1. The molecule has 1 aliphatic carbocycles. The number of benzene rings is 1. The summed E-state index contributed by atoms with van der Waals surface area (Å²) >= 11 is 0. The van der Waals surface area contributed by atoms with Gasteiger partial charge in [-0.1, -0.05) is 30.3 Å². The zero-order chi connectivity index (χ0) is 25.4. The van der Waals surface area contributed by atoms with E-state index in [1.165, 1.54) is 16.7 Å². The summed E-state index contributed by atoms with van der Waals surface area (Å²) in [6.45, 7) is 4.56. The van der Waals surface area contributed by atoms with Gasteiger partial charge in [-0.2, -0.15) is 18.3 Å². The first-order valence-electron chi connectivity index (χ1n) is 12.1. The average Bonchev–Trinajstić information content (AvgIpc) is 3.34. The molecule has 7 nitrogen and oxygen atoms in total. The number of fused-ring (bicyclic) bond motifs is 1. The molecule has 1 saturated heterocycles. The fourth-order valence-corrected chi connectivity index (χ4v) is 5.15. The zero-order valence-corrected chi connectivity index (χ0v) is 20.2.